The van der Waals surface area contributed by atoms with E-state index in [1.807, 2.05) is 32.0 Å². The number of hydrogen-bond donors (Lipinski definition) is 1. The number of hydrogen-bond acceptors (Lipinski definition) is 6. The van der Waals surface area contributed by atoms with E-state index in [1.54, 1.807) is 0 Å². The molecule has 1 aliphatic carbocycles. The Morgan fingerprint density at radius 2 is 1.25 bits per heavy atom. The van der Waals surface area contributed by atoms with Crippen LogP contribution in [0.1, 0.15) is 55.6 Å². The molecule has 0 radical (unpaired) electrons. The summed E-state index contributed by atoms with van der Waals surface area (Å²) in [6.45, 7) is 17.0. The fourth-order valence-corrected chi connectivity index (χ4v) is 9.71. The van der Waals surface area contributed by atoms with Crippen molar-refractivity contribution in [2.45, 2.75) is 41.5 Å². The average molecular weight is 955 g/mol. The van der Waals surface area contributed by atoms with Gasteiger partial charge in [-0.15, -0.1) is 0 Å². The third-order valence-electron chi connectivity index (χ3n) is 10.2. The number of nitro benzene ring substituents is 1. The van der Waals surface area contributed by atoms with Crippen molar-refractivity contribution < 1.29 is 25.7 Å². The number of phenols is 1. The number of anilines is 2. The first kappa shape index (κ1) is 43.4. The molecule has 1 heterocycles. The molecule has 0 amide bonds. The Morgan fingerprint density at radius 1 is 0.729 bits per heavy atom. The molecule has 6 aromatic rings. The normalized spacial score (nSPS) is 13.9. The molecule has 59 heavy (non-hydrogen) atoms. The number of nitrogens with zero attached hydrogens (tertiary/aromatic N) is 4. The molecule has 8 rings (SSSR count). The fraction of sp³-hybridized carbons (Fsp3) is 0.163. The Kier molecular flexibility index (Phi) is 14.5. The van der Waals surface area contributed by atoms with E-state index >= 15 is 0 Å². The third-order valence-corrected chi connectivity index (χ3v) is 12.6. The van der Waals surface area contributed by atoms with Crippen LogP contribution in [0.3, 0.4) is 0 Å². The number of rotatable bonds is 6. The maximum atomic E-state index is 10.8. The Bertz CT molecular complexity index is 2470. The van der Waals surface area contributed by atoms with Crippen molar-refractivity contribution in [3.8, 4) is 5.75 Å². The van der Waals surface area contributed by atoms with Crippen LogP contribution in [-0.2, 0) is 15.7 Å². The van der Waals surface area contributed by atoms with Gasteiger partial charge >= 0.3 is 112 Å². The molecule has 0 spiro atoms. The Labute approximate surface area is 367 Å². The van der Waals surface area contributed by atoms with Gasteiger partial charge in [-0.05, 0) is 93.1 Å². The van der Waals surface area contributed by atoms with Crippen LogP contribution in [-0.4, -0.2) is 33.4 Å². The summed E-state index contributed by atoms with van der Waals surface area (Å²) >= 11 is 3.20. The zero-order valence-corrected chi connectivity index (χ0v) is 37.9. The molecule has 0 bridgehead atoms. The van der Waals surface area contributed by atoms with E-state index in [0.29, 0.717) is 5.56 Å². The minimum absolute atomic E-state index is 0.0447. The molecule has 1 saturated heterocycles. The Balaban J connectivity index is 0.000000150. The van der Waals surface area contributed by atoms with Crippen LogP contribution in [0.5, 0.6) is 5.75 Å². The van der Waals surface area contributed by atoms with Crippen LogP contribution in [0.2, 0.25) is 0 Å². The van der Waals surface area contributed by atoms with E-state index in [4.69, 9.17) is 9.69 Å². The van der Waals surface area contributed by atoms with E-state index in [-0.39, 0.29) is 27.1 Å². The predicted molar refractivity (Wildman–Crippen MR) is 246 cm³/mol. The zero-order valence-electron chi connectivity index (χ0n) is 33.9. The van der Waals surface area contributed by atoms with Crippen molar-refractivity contribution in [1.29, 1.82) is 0 Å². The van der Waals surface area contributed by atoms with E-state index in [9.17, 15) is 15.2 Å². The first-order valence-electron chi connectivity index (χ1n) is 19.1. The molecule has 1 N–H and O–H groups in total. The Morgan fingerprint density at radius 3 is 1.78 bits per heavy atom. The summed E-state index contributed by atoms with van der Waals surface area (Å²) in [6.07, 6.45) is 3.68. The SMILES string of the molecule is Cc1cc(Br)cc(C)c1N=Cc1cc([N+](=O)[O-])ccc1O.Cc1cccc(C)c1N1[CH-]N(c2c(C)cccc2C)CC1.[Cl][Ru]=[C]1C=C(c2ccccc2)c2ccccc21. The number of fused-ring (bicyclic) bond motifs is 1. The molecular formula is C49H46BrClN4O3Ru-. The molecule has 303 valence electrons. The second-order valence-electron chi connectivity index (χ2n) is 14.5. The predicted octanol–water partition coefficient (Wildman–Crippen LogP) is 12.7. The first-order chi connectivity index (χ1) is 28.4. The van der Waals surface area contributed by atoms with Crippen LogP contribution >= 0.6 is 25.6 Å². The van der Waals surface area contributed by atoms with Gasteiger partial charge in [0.05, 0.1) is 10.6 Å². The number of para-hydroxylation sites is 2. The second-order valence-corrected chi connectivity index (χ2v) is 17.5. The van der Waals surface area contributed by atoms with Crippen molar-refractivity contribution in [3.05, 3.63) is 204 Å². The minimum atomic E-state index is -0.507. The number of phenolic OH excluding ortho intramolecular Hbond substituents is 1. The van der Waals surface area contributed by atoms with Gasteiger partial charge in [-0.3, -0.25) is 15.1 Å². The summed E-state index contributed by atoms with van der Waals surface area (Å²) < 4.78 is 2.27. The van der Waals surface area contributed by atoms with E-state index in [2.05, 4.69) is 156 Å². The van der Waals surface area contributed by atoms with Crippen LogP contribution in [0.25, 0.3) is 5.57 Å². The summed E-state index contributed by atoms with van der Waals surface area (Å²) in [5.41, 5.74) is 16.2. The molecule has 1 fully saturated rings. The van der Waals surface area contributed by atoms with Gasteiger partial charge in [0.1, 0.15) is 5.75 Å². The van der Waals surface area contributed by atoms with Gasteiger partial charge in [-0.2, -0.15) is 6.67 Å². The molecule has 0 saturated carbocycles. The third kappa shape index (κ3) is 10.3. The quantitative estimate of drug-likeness (QED) is 0.0591. The monoisotopic (exact) mass is 954 g/mol. The topological polar surface area (TPSA) is 82.2 Å². The summed E-state index contributed by atoms with van der Waals surface area (Å²) in [5, 5.41) is 20.5. The molecule has 6 aromatic carbocycles. The molecule has 7 nitrogen and oxygen atoms in total. The van der Waals surface area contributed by atoms with Crippen LogP contribution in [0.15, 0.2) is 137 Å². The van der Waals surface area contributed by atoms with Crippen molar-refractivity contribution in [2.75, 3.05) is 22.9 Å². The maximum absolute atomic E-state index is 10.8. The van der Waals surface area contributed by atoms with Crippen LogP contribution < -0.4 is 9.80 Å². The number of aryl methyl sites for hydroxylation is 6. The second kappa shape index (κ2) is 19.7. The number of benzene rings is 6. The van der Waals surface area contributed by atoms with Gasteiger partial charge in [-0.1, -0.05) is 52.3 Å². The summed E-state index contributed by atoms with van der Waals surface area (Å²) in [7, 11) is 6.10. The van der Waals surface area contributed by atoms with Crippen molar-refractivity contribution in [2.24, 2.45) is 4.99 Å². The molecule has 0 aromatic heterocycles. The summed E-state index contributed by atoms with van der Waals surface area (Å²) in [4.78, 5) is 19.4. The summed E-state index contributed by atoms with van der Waals surface area (Å²) in [5.74, 6) is -0.0447. The molecule has 0 atom stereocenters. The standard InChI is InChI=1S/C19H23N2.C15H13BrN2O3.C15H10.ClH.Ru/c1-14-7-5-8-15(2)18(14)20-11-12-21(13-20)19-16(3)9-6-10-17(19)4;1-9-5-12(16)6-10(2)15(9)17-8-11-7-13(18(20)21)3-4-14(11)19;1-2-6-12(7-3-1)15-11-10-13-8-4-5-9-14(13)15;;/h5-10,13H,11-12H2,1-4H3;3-8,19H,1-2H3;1-9,11H;1H;/q-1;;;;+1/p-1. The Hall–Kier alpha value is -5.21. The van der Waals surface area contributed by atoms with Gasteiger partial charge in [0, 0.05) is 52.8 Å². The van der Waals surface area contributed by atoms with Crippen molar-refractivity contribution >= 4 is 64.3 Å². The molecule has 0 unspecified atom stereocenters. The zero-order chi connectivity index (χ0) is 42.2. The van der Waals surface area contributed by atoms with E-state index in [1.165, 1.54) is 84.4 Å². The van der Waals surface area contributed by atoms with Gasteiger partial charge in [-0.25, -0.2) is 0 Å². The number of nitro groups is 1. The average Bonchev–Trinajstić information content (AvgIpc) is 3.84. The van der Waals surface area contributed by atoms with Gasteiger partial charge in [0.15, 0.2) is 0 Å². The van der Waals surface area contributed by atoms with Crippen molar-refractivity contribution in [1.82, 2.24) is 0 Å². The molecular weight excluding hydrogens is 909 g/mol. The number of allylic oxidation sites excluding steroid dienone is 1. The summed E-state index contributed by atoms with van der Waals surface area (Å²) in [6, 6.07) is 39.7. The first-order valence-corrected chi connectivity index (χ1v) is 23.0. The van der Waals surface area contributed by atoms with E-state index in [0.717, 1.165) is 34.4 Å². The number of halogens is 2. The van der Waals surface area contributed by atoms with Gasteiger partial charge in [0.2, 0.25) is 0 Å². The van der Waals surface area contributed by atoms with Crippen LogP contribution in [0, 0.1) is 58.3 Å². The van der Waals surface area contributed by atoms with Gasteiger partial charge in [0.25, 0.3) is 5.69 Å². The van der Waals surface area contributed by atoms with Crippen LogP contribution in [0.4, 0.5) is 22.7 Å². The molecule has 2 aliphatic rings. The number of aliphatic imine (C=N–C) groups is 1. The molecule has 1 aliphatic heterocycles. The molecule has 10 heteroatoms. The van der Waals surface area contributed by atoms with E-state index < -0.39 is 4.92 Å². The van der Waals surface area contributed by atoms with Gasteiger partial charge < -0.3 is 14.9 Å². The number of aromatic hydroxyl groups is 1. The fourth-order valence-electron chi connectivity index (χ4n) is 7.47. The number of non-ortho nitro benzene ring substituents is 1. The van der Waals surface area contributed by atoms with Crippen molar-refractivity contribution in [3.63, 3.8) is 0 Å².